The maximum absolute atomic E-state index is 13.5. The van der Waals surface area contributed by atoms with E-state index >= 15 is 0 Å². The molecule has 5 rings (SSSR count). The lowest BCUT2D eigenvalue weighted by Crippen LogP contribution is -2.46. The van der Waals surface area contributed by atoms with Gasteiger partial charge in [0.1, 0.15) is 5.75 Å². The summed E-state index contributed by atoms with van der Waals surface area (Å²) in [7, 11) is 0. The van der Waals surface area contributed by atoms with Gasteiger partial charge in [-0.25, -0.2) is 0 Å². The second kappa shape index (κ2) is 12.3. The number of aryl methyl sites for hydroxylation is 1. The molecule has 9 heteroatoms. The van der Waals surface area contributed by atoms with Crippen LogP contribution in [0.15, 0.2) is 48.7 Å². The summed E-state index contributed by atoms with van der Waals surface area (Å²) in [6.45, 7) is 5.29. The van der Waals surface area contributed by atoms with Crippen LogP contribution < -0.4 is 10.5 Å². The molecule has 3 aromatic rings. The highest BCUT2D eigenvalue weighted by Gasteiger charge is 2.47. The molecular weight excluding hydrogens is 508 g/mol. The number of aliphatic carboxylic acids is 1. The van der Waals surface area contributed by atoms with Crippen LogP contribution in [0.2, 0.25) is 0 Å². The molecule has 1 aromatic heterocycles. The first-order valence-electron chi connectivity index (χ1n) is 14.4. The molecule has 0 radical (unpaired) electrons. The molecule has 3 atom stereocenters. The van der Waals surface area contributed by atoms with E-state index < -0.39 is 11.9 Å². The van der Waals surface area contributed by atoms with Gasteiger partial charge in [0.05, 0.1) is 19.1 Å². The number of ether oxygens (including phenoxy) is 1. The van der Waals surface area contributed by atoms with Crippen LogP contribution in [-0.2, 0) is 22.6 Å². The van der Waals surface area contributed by atoms with Gasteiger partial charge >= 0.3 is 5.97 Å². The first-order valence-corrected chi connectivity index (χ1v) is 14.4. The van der Waals surface area contributed by atoms with Gasteiger partial charge in [-0.05, 0) is 36.1 Å². The number of carboxylic acid groups (broad SMARTS) is 1. The van der Waals surface area contributed by atoms with Crippen LogP contribution >= 0.6 is 0 Å². The number of benzene rings is 2. The Hall–Kier alpha value is -3.56. The molecule has 0 saturated carbocycles. The number of carbonyl (C=O) groups is 2. The highest BCUT2D eigenvalue weighted by Crippen LogP contribution is 2.41. The Balaban J connectivity index is 1.43. The van der Waals surface area contributed by atoms with E-state index in [0.717, 1.165) is 46.9 Å². The van der Waals surface area contributed by atoms with Gasteiger partial charge in [-0.3, -0.25) is 14.5 Å². The van der Waals surface area contributed by atoms with Crippen molar-refractivity contribution in [3.05, 3.63) is 59.8 Å². The molecule has 1 saturated heterocycles. The van der Waals surface area contributed by atoms with Crippen molar-refractivity contribution in [2.45, 2.75) is 51.1 Å². The number of hydrogen-bond acceptors (Lipinski definition) is 6. The Morgan fingerprint density at radius 1 is 1.18 bits per heavy atom. The van der Waals surface area contributed by atoms with Gasteiger partial charge in [-0.1, -0.05) is 43.7 Å². The van der Waals surface area contributed by atoms with Crippen LogP contribution in [0.1, 0.15) is 43.2 Å². The van der Waals surface area contributed by atoms with E-state index in [1.165, 1.54) is 0 Å². The normalized spacial score (nSPS) is 20.5. The summed E-state index contributed by atoms with van der Waals surface area (Å²) < 4.78 is 7.46. The van der Waals surface area contributed by atoms with Crippen LogP contribution in [0.5, 0.6) is 11.6 Å². The van der Waals surface area contributed by atoms with Gasteiger partial charge in [-0.2, -0.15) is 0 Å². The molecule has 214 valence electrons. The Morgan fingerprint density at radius 2 is 2.00 bits per heavy atom. The molecule has 40 heavy (non-hydrogen) atoms. The zero-order valence-electron chi connectivity index (χ0n) is 23.2. The zero-order valence-corrected chi connectivity index (χ0v) is 23.2. The molecule has 1 amide bonds. The molecule has 2 aliphatic rings. The summed E-state index contributed by atoms with van der Waals surface area (Å²) in [5, 5.41) is 23.0. The summed E-state index contributed by atoms with van der Waals surface area (Å²) in [5.74, 6) is -0.817. The van der Waals surface area contributed by atoms with Crippen molar-refractivity contribution in [2.75, 3.05) is 39.3 Å². The second-order valence-corrected chi connectivity index (χ2v) is 11.0. The quantitative estimate of drug-likeness (QED) is 0.317. The molecule has 2 aliphatic heterocycles. The third-order valence-corrected chi connectivity index (χ3v) is 8.48. The lowest BCUT2D eigenvalue weighted by atomic mass is 9.83. The standard InChI is InChI=1S/C31H40N4O5/c1-2-3-13-33(15-12-32)28(36)20-35-19-25(21-8-9-27-22(17-21)11-16-40-27)29(31(38)39)26(35)10-14-34-18-23-6-4-5-7-24(23)30(34)37/h4-9,17-18,25-26,29,37H,2-3,10-16,19-20,32H2,1H3,(H,38,39)/t25-,26+,29?/m1/s1. The Morgan fingerprint density at radius 3 is 2.75 bits per heavy atom. The van der Waals surface area contributed by atoms with E-state index in [2.05, 4.69) is 13.0 Å². The number of unbranched alkanes of at least 4 members (excludes halogenated alkanes) is 1. The Labute approximate surface area is 235 Å². The topological polar surface area (TPSA) is 121 Å². The maximum Gasteiger partial charge on any atom is 0.308 e. The largest absolute Gasteiger partial charge is 0.494 e. The number of amides is 1. The number of aromatic nitrogens is 1. The molecule has 2 aromatic carbocycles. The van der Waals surface area contributed by atoms with Crippen molar-refractivity contribution in [3.8, 4) is 11.6 Å². The van der Waals surface area contributed by atoms with E-state index in [1.807, 2.05) is 47.5 Å². The fraction of sp³-hybridized carbons (Fsp3) is 0.484. The minimum atomic E-state index is -0.867. The van der Waals surface area contributed by atoms with Gasteiger partial charge < -0.3 is 30.2 Å². The molecule has 1 unspecified atom stereocenters. The fourth-order valence-electron chi connectivity index (χ4n) is 6.41. The molecule has 3 heterocycles. The predicted molar refractivity (Wildman–Crippen MR) is 154 cm³/mol. The SMILES string of the molecule is CCCCN(CCN)C(=O)CN1C[C@H](c2ccc3c(c2)CCO3)C(C(=O)O)[C@@H]1CCn1cc2ccccc2c1O. The minimum Gasteiger partial charge on any atom is -0.494 e. The Kier molecular flexibility index (Phi) is 8.61. The second-order valence-electron chi connectivity index (χ2n) is 11.0. The van der Waals surface area contributed by atoms with Gasteiger partial charge in [0.2, 0.25) is 5.91 Å². The number of carbonyl (C=O) groups excluding carboxylic acids is 1. The number of rotatable bonds is 12. The van der Waals surface area contributed by atoms with E-state index in [-0.39, 0.29) is 30.3 Å². The van der Waals surface area contributed by atoms with E-state index in [1.54, 1.807) is 9.47 Å². The number of nitrogens with two attached hydrogens (primary N) is 1. The highest BCUT2D eigenvalue weighted by atomic mass is 16.5. The predicted octanol–water partition coefficient (Wildman–Crippen LogP) is 3.43. The van der Waals surface area contributed by atoms with Crippen molar-refractivity contribution in [3.63, 3.8) is 0 Å². The van der Waals surface area contributed by atoms with E-state index in [0.29, 0.717) is 45.8 Å². The average molecular weight is 549 g/mol. The zero-order chi connectivity index (χ0) is 28.2. The van der Waals surface area contributed by atoms with Crippen LogP contribution in [0.25, 0.3) is 10.8 Å². The van der Waals surface area contributed by atoms with E-state index in [9.17, 15) is 19.8 Å². The summed E-state index contributed by atoms with van der Waals surface area (Å²) in [5.41, 5.74) is 7.89. The third-order valence-electron chi connectivity index (χ3n) is 8.48. The van der Waals surface area contributed by atoms with Crippen molar-refractivity contribution >= 4 is 22.6 Å². The summed E-state index contributed by atoms with van der Waals surface area (Å²) in [6, 6.07) is 13.2. The number of carboxylic acids is 1. The average Bonchev–Trinajstić information content (AvgIpc) is 3.65. The van der Waals surface area contributed by atoms with E-state index in [4.69, 9.17) is 10.5 Å². The van der Waals surface area contributed by atoms with Gasteiger partial charge in [0, 0.05) is 68.1 Å². The first kappa shape index (κ1) is 28.0. The van der Waals surface area contributed by atoms with Crippen LogP contribution in [0.3, 0.4) is 0 Å². The Bertz CT molecular complexity index is 1350. The van der Waals surface area contributed by atoms with Crippen molar-refractivity contribution in [1.82, 2.24) is 14.4 Å². The highest BCUT2D eigenvalue weighted by molar-refractivity contribution is 5.87. The molecule has 0 aliphatic carbocycles. The van der Waals surface area contributed by atoms with Gasteiger partial charge in [-0.15, -0.1) is 0 Å². The molecule has 0 bridgehead atoms. The maximum atomic E-state index is 13.5. The summed E-state index contributed by atoms with van der Waals surface area (Å²) >= 11 is 0. The lowest BCUT2D eigenvalue weighted by Gasteiger charge is -2.29. The first-order chi connectivity index (χ1) is 19.4. The monoisotopic (exact) mass is 548 g/mol. The summed E-state index contributed by atoms with van der Waals surface area (Å²) in [4.78, 5) is 30.2. The molecule has 0 spiro atoms. The number of nitrogens with zero attached hydrogens (tertiary/aromatic N) is 3. The fourth-order valence-corrected chi connectivity index (χ4v) is 6.41. The van der Waals surface area contributed by atoms with Gasteiger partial charge in [0.15, 0.2) is 5.88 Å². The molecule has 1 fully saturated rings. The number of hydrogen-bond donors (Lipinski definition) is 3. The minimum absolute atomic E-state index is 0.0226. The third kappa shape index (κ3) is 5.67. The van der Waals surface area contributed by atoms with Crippen LogP contribution in [0.4, 0.5) is 0 Å². The number of likely N-dealkylation sites (tertiary alicyclic amines) is 1. The smallest absolute Gasteiger partial charge is 0.308 e. The van der Waals surface area contributed by atoms with Crippen molar-refractivity contribution in [1.29, 1.82) is 0 Å². The summed E-state index contributed by atoms with van der Waals surface area (Å²) in [6.07, 6.45) is 5.06. The molecule has 4 N–H and O–H groups in total. The van der Waals surface area contributed by atoms with Crippen molar-refractivity contribution < 1.29 is 24.5 Å². The number of aromatic hydroxyl groups is 1. The van der Waals surface area contributed by atoms with Crippen LogP contribution in [0, 0.1) is 5.92 Å². The number of fused-ring (bicyclic) bond motifs is 2. The lowest BCUT2D eigenvalue weighted by molar-refractivity contribution is -0.143. The molecular formula is C31H40N4O5. The van der Waals surface area contributed by atoms with Crippen molar-refractivity contribution in [2.24, 2.45) is 11.7 Å². The van der Waals surface area contributed by atoms with Gasteiger partial charge in [0.25, 0.3) is 0 Å². The van der Waals surface area contributed by atoms with Crippen LogP contribution in [-0.4, -0.2) is 81.8 Å². The molecule has 9 nitrogen and oxygen atoms in total.